The van der Waals surface area contributed by atoms with Crippen molar-refractivity contribution in [1.29, 1.82) is 0 Å². The molecule has 7 heteroatoms. The van der Waals surface area contributed by atoms with E-state index < -0.39 is 36.7 Å². The summed E-state index contributed by atoms with van der Waals surface area (Å²) in [6.45, 7) is 1.38. The second kappa shape index (κ2) is 20.7. The van der Waals surface area contributed by atoms with E-state index in [1.54, 1.807) is 0 Å². The first-order valence-electron chi connectivity index (χ1n) is 12.3. The van der Waals surface area contributed by atoms with Crippen molar-refractivity contribution in [3.8, 4) is 0 Å². The minimum absolute atomic E-state index is 0.207. The first-order chi connectivity index (χ1) is 14.9. The van der Waals surface area contributed by atoms with Crippen LogP contribution in [0.2, 0.25) is 0 Å². The number of carboxylic acids is 1. The Morgan fingerprint density at radius 3 is 1.65 bits per heavy atom. The second-order valence-corrected chi connectivity index (χ2v) is 8.64. The van der Waals surface area contributed by atoms with E-state index >= 15 is 0 Å². The molecular weight excluding hydrogens is 400 g/mol. The van der Waals surface area contributed by atoms with Gasteiger partial charge in [-0.2, -0.15) is 0 Å². The highest BCUT2D eigenvalue weighted by Crippen LogP contribution is 2.20. The quantitative estimate of drug-likeness (QED) is 0.145. The fourth-order valence-electron chi connectivity index (χ4n) is 3.64. The van der Waals surface area contributed by atoms with Gasteiger partial charge in [-0.25, -0.2) is 4.79 Å². The maximum absolute atomic E-state index is 12.2. The van der Waals surface area contributed by atoms with Crippen LogP contribution in [-0.4, -0.2) is 57.8 Å². The number of hydrogen-bond donors (Lipinski definition) is 4. The first-order valence-corrected chi connectivity index (χ1v) is 12.3. The molecule has 0 aromatic rings. The van der Waals surface area contributed by atoms with Gasteiger partial charge in [0, 0.05) is 0 Å². The van der Waals surface area contributed by atoms with E-state index in [4.69, 9.17) is 14.9 Å². The topological polar surface area (TPSA) is 124 Å². The smallest absolute Gasteiger partial charge is 0.332 e. The lowest BCUT2D eigenvalue weighted by Crippen LogP contribution is -2.30. The maximum Gasteiger partial charge on any atom is 0.332 e. The highest BCUT2D eigenvalue weighted by atomic mass is 16.5. The van der Waals surface area contributed by atoms with E-state index in [9.17, 15) is 19.8 Å². The van der Waals surface area contributed by atoms with Crippen LogP contribution in [0.25, 0.3) is 0 Å². The van der Waals surface area contributed by atoms with Crippen LogP contribution >= 0.6 is 0 Å². The third-order valence-corrected chi connectivity index (χ3v) is 5.66. The molecule has 0 heterocycles. The molecule has 3 atom stereocenters. The average molecular weight is 447 g/mol. The monoisotopic (exact) mass is 446 g/mol. The molecule has 0 aromatic heterocycles. The summed E-state index contributed by atoms with van der Waals surface area (Å²) in [4.78, 5) is 23.1. The molecule has 31 heavy (non-hydrogen) atoms. The van der Waals surface area contributed by atoms with Crippen LogP contribution in [0.15, 0.2) is 0 Å². The Morgan fingerprint density at radius 2 is 1.23 bits per heavy atom. The van der Waals surface area contributed by atoms with E-state index in [1.165, 1.54) is 64.2 Å². The van der Waals surface area contributed by atoms with E-state index in [1.807, 2.05) is 0 Å². The van der Waals surface area contributed by atoms with Gasteiger partial charge in [-0.1, -0.05) is 96.8 Å². The van der Waals surface area contributed by atoms with Crippen LogP contribution in [-0.2, 0) is 14.3 Å². The molecule has 184 valence electrons. The van der Waals surface area contributed by atoms with E-state index in [2.05, 4.69) is 6.92 Å². The molecule has 3 unspecified atom stereocenters. The maximum atomic E-state index is 12.2. The third kappa shape index (κ3) is 18.1. The van der Waals surface area contributed by atoms with E-state index in [-0.39, 0.29) is 13.0 Å². The van der Waals surface area contributed by atoms with Crippen LogP contribution in [0.5, 0.6) is 0 Å². The third-order valence-electron chi connectivity index (χ3n) is 5.66. The van der Waals surface area contributed by atoms with Crippen molar-refractivity contribution in [3.05, 3.63) is 0 Å². The Kier molecular flexibility index (Phi) is 19.9. The van der Waals surface area contributed by atoms with Gasteiger partial charge < -0.3 is 25.2 Å². The van der Waals surface area contributed by atoms with Crippen LogP contribution in [0, 0.1) is 5.92 Å². The van der Waals surface area contributed by atoms with Crippen molar-refractivity contribution >= 4 is 11.9 Å². The number of aliphatic carboxylic acids is 1. The van der Waals surface area contributed by atoms with Gasteiger partial charge in [-0.3, -0.25) is 4.79 Å². The molecule has 0 amide bonds. The van der Waals surface area contributed by atoms with Crippen LogP contribution in [0.3, 0.4) is 0 Å². The number of esters is 1. The lowest BCUT2D eigenvalue weighted by atomic mass is 9.94. The van der Waals surface area contributed by atoms with Gasteiger partial charge in [0.25, 0.3) is 0 Å². The molecule has 0 aliphatic heterocycles. The standard InChI is InChI=1S/C24H46O7/c1-2-3-4-5-6-7-8-9-10-11-12-13-14-15-16-20(17-22(27)23(28)29)24(30)31-19-21(26)18-25/h20-22,25-27H,2-19H2,1H3,(H,28,29). The number of carbonyl (C=O) groups excluding carboxylic acids is 1. The van der Waals surface area contributed by atoms with Gasteiger partial charge in [0.05, 0.1) is 12.5 Å². The van der Waals surface area contributed by atoms with Crippen molar-refractivity contribution < 1.29 is 34.8 Å². The summed E-state index contributed by atoms with van der Waals surface area (Å²) >= 11 is 0. The van der Waals surface area contributed by atoms with Gasteiger partial charge >= 0.3 is 11.9 Å². The van der Waals surface area contributed by atoms with Crippen molar-refractivity contribution in [2.24, 2.45) is 5.92 Å². The largest absolute Gasteiger partial charge is 0.479 e. The zero-order chi connectivity index (χ0) is 23.3. The number of aliphatic hydroxyl groups is 3. The van der Waals surface area contributed by atoms with Crippen molar-refractivity contribution in [2.75, 3.05) is 13.2 Å². The van der Waals surface area contributed by atoms with E-state index in [0.29, 0.717) is 6.42 Å². The van der Waals surface area contributed by atoms with Crippen LogP contribution in [0.1, 0.15) is 110 Å². The predicted octanol–water partition coefficient (Wildman–Crippen LogP) is 4.21. The summed E-state index contributed by atoms with van der Waals surface area (Å²) in [5, 5.41) is 36.6. The Balaban J connectivity index is 3.88. The summed E-state index contributed by atoms with van der Waals surface area (Å²) in [6, 6.07) is 0. The zero-order valence-electron chi connectivity index (χ0n) is 19.5. The number of aliphatic hydroxyl groups excluding tert-OH is 3. The number of hydrogen-bond acceptors (Lipinski definition) is 6. The summed E-state index contributed by atoms with van der Waals surface area (Å²) in [5.41, 5.74) is 0. The van der Waals surface area contributed by atoms with Gasteiger partial charge in [-0.15, -0.1) is 0 Å². The Labute approximate surface area is 188 Å². The Bertz CT molecular complexity index is 442. The fraction of sp³-hybridized carbons (Fsp3) is 0.917. The molecular formula is C24H46O7. The van der Waals surface area contributed by atoms with Gasteiger partial charge in [0.1, 0.15) is 12.7 Å². The lowest BCUT2D eigenvalue weighted by Gasteiger charge is -2.18. The normalized spacial score (nSPS) is 14.2. The predicted molar refractivity (Wildman–Crippen MR) is 121 cm³/mol. The SMILES string of the molecule is CCCCCCCCCCCCCCCCC(CC(O)C(=O)O)C(=O)OCC(O)CO. The molecule has 0 rings (SSSR count). The van der Waals surface area contributed by atoms with Crippen molar-refractivity contribution in [3.63, 3.8) is 0 Å². The first kappa shape index (κ1) is 29.8. The second-order valence-electron chi connectivity index (χ2n) is 8.64. The summed E-state index contributed by atoms with van der Waals surface area (Å²) in [7, 11) is 0. The van der Waals surface area contributed by atoms with E-state index in [0.717, 1.165) is 25.7 Å². The Morgan fingerprint density at radius 1 is 0.774 bits per heavy atom. The van der Waals surface area contributed by atoms with Gasteiger partial charge in [0.15, 0.2) is 6.10 Å². The molecule has 0 radical (unpaired) electrons. The number of carbonyl (C=O) groups is 2. The molecule has 0 bridgehead atoms. The minimum atomic E-state index is -1.62. The summed E-state index contributed by atoms with van der Waals surface area (Å²) in [6.07, 6.45) is 14.6. The molecule has 0 saturated carbocycles. The zero-order valence-corrected chi connectivity index (χ0v) is 19.5. The average Bonchev–Trinajstić information content (AvgIpc) is 2.76. The molecule has 0 aliphatic carbocycles. The van der Waals surface area contributed by atoms with Crippen LogP contribution < -0.4 is 0 Å². The highest BCUT2D eigenvalue weighted by Gasteiger charge is 2.27. The van der Waals surface area contributed by atoms with Crippen molar-refractivity contribution in [1.82, 2.24) is 0 Å². The number of carboxylic acid groups (broad SMARTS) is 1. The number of ether oxygens (including phenoxy) is 1. The number of unbranched alkanes of at least 4 members (excludes halogenated alkanes) is 13. The molecule has 0 aliphatic rings. The molecule has 4 N–H and O–H groups in total. The molecule has 0 aromatic carbocycles. The fourth-order valence-corrected chi connectivity index (χ4v) is 3.64. The minimum Gasteiger partial charge on any atom is -0.479 e. The molecule has 7 nitrogen and oxygen atoms in total. The number of rotatable bonds is 22. The summed E-state index contributed by atoms with van der Waals surface area (Å²) in [5.74, 6) is -2.73. The van der Waals surface area contributed by atoms with Crippen molar-refractivity contribution in [2.45, 2.75) is 122 Å². The molecule has 0 fully saturated rings. The molecule has 0 saturated heterocycles. The highest BCUT2D eigenvalue weighted by molar-refractivity contribution is 5.76. The molecule has 0 spiro atoms. The van der Waals surface area contributed by atoms with Gasteiger partial charge in [0.2, 0.25) is 0 Å². The Hall–Kier alpha value is -1.18. The lowest BCUT2D eigenvalue weighted by molar-refractivity contribution is -0.156. The van der Waals surface area contributed by atoms with Crippen LogP contribution in [0.4, 0.5) is 0 Å². The summed E-state index contributed by atoms with van der Waals surface area (Å²) < 4.78 is 4.95. The van der Waals surface area contributed by atoms with Gasteiger partial charge in [-0.05, 0) is 12.8 Å².